The molecule has 2 heterocycles. The van der Waals surface area contributed by atoms with Crippen LogP contribution in [0.15, 0.2) is 30.3 Å². The molecule has 1 saturated heterocycles. The molecule has 0 radical (unpaired) electrons. The molecule has 2 amide bonds. The lowest BCUT2D eigenvalue weighted by Crippen LogP contribution is -2.50. The smallest absolute Gasteiger partial charge is 0.246 e. The number of hydrogen-bond acceptors (Lipinski definition) is 3. The van der Waals surface area contributed by atoms with Crippen LogP contribution in [0.2, 0.25) is 5.15 Å². The minimum atomic E-state index is -0.0685. The van der Waals surface area contributed by atoms with E-state index >= 15 is 0 Å². The molecular formula is C25H33ClN4O2. The Morgan fingerprint density at radius 3 is 2.31 bits per heavy atom. The van der Waals surface area contributed by atoms with Gasteiger partial charge in [0.05, 0.1) is 12.2 Å². The molecule has 1 aliphatic rings. The summed E-state index contributed by atoms with van der Waals surface area (Å²) < 4.78 is 1.76. The third-order valence-electron chi connectivity index (χ3n) is 5.83. The Labute approximate surface area is 195 Å². The number of benzene rings is 1. The van der Waals surface area contributed by atoms with Crippen molar-refractivity contribution in [3.8, 4) is 0 Å². The molecule has 172 valence electrons. The third-order valence-corrected chi connectivity index (χ3v) is 6.23. The summed E-state index contributed by atoms with van der Waals surface area (Å²) >= 11 is 6.57. The van der Waals surface area contributed by atoms with Crippen molar-refractivity contribution in [3.05, 3.63) is 57.9 Å². The average Bonchev–Trinajstić information content (AvgIpc) is 3.04. The van der Waals surface area contributed by atoms with Gasteiger partial charge < -0.3 is 9.80 Å². The molecule has 32 heavy (non-hydrogen) atoms. The van der Waals surface area contributed by atoms with Crippen molar-refractivity contribution in [1.82, 2.24) is 19.6 Å². The lowest BCUT2D eigenvalue weighted by molar-refractivity contribution is -0.137. The van der Waals surface area contributed by atoms with Crippen molar-refractivity contribution in [3.63, 3.8) is 0 Å². The van der Waals surface area contributed by atoms with Crippen LogP contribution in [0, 0.1) is 19.8 Å². The predicted molar refractivity (Wildman–Crippen MR) is 129 cm³/mol. The van der Waals surface area contributed by atoms with Gasteiger partial charge in [0.2, 0.25) is 11.8 Å². The first-order valence-electron chi connectivity index (χ1n) is 11.3. The maximum atomic E-state index is 12.7. The lowest BCUT2D eigenvalue weighted by atomic mass is 10.1. The average molecular weight is 457 g/mol. The van der Waals surface area contributed by atoms with E-state index in [0.29, 0.717) is 50.2 Å². The first kappa shape index (κ1) is 24.1. The molecule has 6 nitrogen and oxygen atoms in total. The Balaban J connectivity index is 1.57. The van der Waals surface area contributed by atoms with Crippen molar-refractivity contribution in [1.29, 1.82) is 0 Å². The Bertz CT molecular complexity index is 971. The number of carbonyl (C=O) groups excluding carboxylic acids is 2. The fraction of sp³-hybridized carbons (Fsp3) is 0.480. The topological polar surface area (TPSA) is 58.4 Å². The summed E-state index contributed by atoms with van der Waals surface area (Å²) in [4.78, 5) is 28.6. The Hall–Kier alpha value is -2.60. The van der Waals surface area contributed by atoms with Crippen molar-refractivity contribution in [2.45, 2.75) is 47.1 Å². The number of piperazine rings is 1. The summed E-state index contributed by atoms with van der Waals surface area (Å²) in [6, 6.07) is 8.26. The highest BCUT2D eigenvalue weighted by Crippen LogP contribution is 2.22. The van der Waals surface area contributed by atoms with Crippen molar-refractivity contribution in [2.24, 2.45) is 5.92 Å². The largest absolute Gasteiger partial charge is 0.339 e. The highest BCUT2D eigenvalue weighted by Gasteiger charge is 2.23. The van der Waals surface area contributed by atoms with E-state index in [-0.39, 0.29) is 11.8 Å². The van der Waals surface area contributed by atoms with Crippen LogP contribution in [-0.4, -0.2) is 57.6 Å². The van der Waals surface area contributed by atoms with E-state index in [1.165, 1.54) is 5.56 Å². The second kappa shape index (κ2) is 10.8. The Kier molecular flexibility index (Phi) is 8.13. The number of carbonyl (C=O) groups is 2. The van der Waals surface area contributed by atoms with E-state index in [9.17, 15) is 9.59 Å². The summed E-state index contributed by atoms with van der Waals surface area (Å²) in [6.45, 7) is 11.0. The maximum absolute atomic E-state index is 12.7. The van der Waals surface area contributed by atoms with Crippen LogP contribution in [0.5, 0.6) is 0 Å². The van der Waals surface area contributed by atoms with E-state index in [0.717, 1.165) is 23.2 Å². The number of rotatable bonds is 7. The highest BCUT2D eigenvalue weighted by molar-refractivity contribution is 6.31. The van der Waals surface area contributed by atoms with Crippen LogP contribution < -0.4 is 0 Å². The number of amides is 2. The molecular weight excluding hydrogens is 424 g/mol. The molecule has 0 bridgehead atoms. The molecule has 0 N–H and O–H groups in total. The van der Waals surface area contributed by atoms with Crippen LogP contribution in [0.3, 0.4) is 0 Å². The fourth-order valence-corrected chi connectivity index (χ4v) is 4.03. The summed E-state index contributed by atoms with van der Waals surface area (Å²) in [5, 5.41) is 5.06. The quantitative estimate of drug-likeness (QED) is 0.583. The second-order valence-corrected chi connectivity index (χ2v) is 9.26. The molecule has 0 atom stereocenters. The van der Waals surface area contributed by atoms with Crippen molar-refractivity contribution < 1.29 is 9.59 Å². The van der Waals surface area contributed by atoms with Gasteiger partial charge in [-0.05, 0) is 37.8 Å². The van der Waals surface area contributed by atoms with Gasteiger partial charge in [0.15, 0.2) is 0 Å². The van der Waals surface area contributed by atoms with Gasteiger partial charge in [0.1, 0.15) is 5.15 Å². The first-order chi connectivity index (χ1) is 15.2. The summed E-state index contributed by atoms with van der Waals surface area (Å²) in [7, 11) is 0. The van der Waals surface area contributed by atoms with Crippen LogP contribution in [-0.2, 0) is 16.1 Å². The van der Waals surface area contributed by atoms with Crippen LogP contribution in [0.1, 0.15) is 49.1 Å². The van der Waals surface area contributed by atoms with E-state index < -0.39 is 0 Å². The SMILES string of the molecule is Cc1ccc(Cn2nc(C)c(C=CC(=O)N3CCN(C(=O)CCC(C)C)CC3)c2Cl)cc1. The molecule has 0 spiro atoms. The monoisotopic (exact) mass is 456 g/mol. The molecule has 1 aromatic carbocycles. The van der Waals surface area contributed by atoms with Crippen LogP contribution in [0.4, 0.5) is 0 Å². The zero-order valence-corrected chi connectivity index (χ0v) is 20.2. The molecule has 2 aromatic rings. The summed E-state index contributed by atoms with van der Waals surface area (Å²) in [5.74, 6) is 0.634. The number of aryl methyl sites for hydroxylation is 2. The molecule has 1 aromatic heterocycles. The predicted octanol–water partition coefficient (Wildman–Crippen LogP) is 4.32. The molecule has 0 saturated carbocycles. The number of nitrogens with zero attached hydrogens (tertiary/aromatic N) is 4. The standard InChI is InChI=1S/C25H33ClN4O2/c1-18(2)5-11-23(31)28-13-15-29(16-14-28)24(32)12-10-22-20(4)27-30(25(22)26)17-21-8-6-19(3)7-9-21/h6-10,12,18H,5,11,13-17H2,1-4H3. The normalized spacial score (nSPS) is 14.6. The van der Waals surface area contributed by atoms with Gasteiger partial charge in [-0.25, -0.2) is 4.68 Å². The summed E-state index contributed by atoms with van der Waals surface area (Å²) in [5.41, 5.74) is 3.87. The van der Waals surface area contributed by atoms with Gasteiger partial charge in [-0.2, -0.15) is 5.10 Å². The maximum Gasteiger partial charge on any atom is 0.246 e. The van der Waals surface area contributed by atoms with Crippen LogP contribution >= 0.6 is 11.6 Å². The van der Waals surface area contributed by atoms with Gasteiger partial charge in [0.25, 0.3) is 0 Å². The minimum absolute atomic E-state index is 0.0685. The zero-order chi connectivity index (χ0) is 23.3. The van der Waals surface area contributed by atoms with Gasteiger partial charge >= 0.3 is 0 Å². The first-order valence-corrected chi connectivity index (χ1v) is 11.7. The summed E-state index contributed by atoms with van der Waals surface area (Å²) in [6.07, 6.45) is 4.79. The van der Waals surface area contributed by atoms with Crippen molar-refractivity contribution >= 4 is 29.5 Å². The molecule has 0 aliphatic carbocycles. The van der Waals surface area contributed by atoms with E-state index in [1.807, 2.05) is 11.8 Å². The number of halogens is 1. The lowest BCUT2D eigenvalue weighted by Gasteiger charge is -2.34. The second-order valence-electron chi connectivity index (χ2n) is 8.91. The van der Waals surface area contributed by atoms with Crippen molar-refractivity contribution in [2.75, 3.05) is 26.2 Å². The molecule has 3 rings (SSSR count). The fourth-order valence-electron chi connectivity index (χ4n) is 3.73. The Morgan fingerprint density at radius 1 is 1.06 bits per heavy atom. The number of hydrogen-bond donors (Lipinski definition) is 0. The van der Waals surface area contributed by atoms with Gasteiger partial charge in [0, 0.05) is 44.2 Å². The van der Waals surface area contributed by atoms with E-state index in [2.05, 4.69) is 50.1 Å². The molecule has 1 aliphatic heterocycles. The van der Waals surface area contributed by atoms with Gasteiger partial charge in [-0.1, -0.05) is 55.3 Å². The van der Waals surface area contributed by atoms with Gasteiger partial charge in [-0.15, -0.1) is 0 Å². The minimum Gasteiger partial charge on any atom is -0.339 e. The Morgan fingerprint density at radius 2 is 1.69 bits per heavy atom. The molecule has 7 heteroatoms. The zero-order valence-electron chi connectivity index (χ0n) is 19.5. The van der Waals surface area contributed by atoms with E-state index in [4.69, 9.17) is 11.6 Å². The van der Waals surface area contributed by atoms with Crippen LogP contribution in [0.25, 0.3) is 6.08 Å². The highest BCUT2D eigenvalue weighted by atomic mass is 35.5. The molecule has 1 fully saturated rings. The molecule has 0 unspecified atom stereocenters. The number of aromatic nitrogens is 2. The third kappa shape index (κ3) is 6.22. The van der Waals surface area contributed by atoms with E-state index in [1.54, 1.807) is 21.7 Å². The van der Waals surface area contributed by atoms with Gasteiger partial charge in [-0.3, -0.25) is 9.59 Å².